The second-order valence-corrected chi connectivity index (χ2v) is 7.02. The van der Waals surface area contributed by atoms with Crippen molar-refractivity contribution in [3.8, 4) is 0 Å². The highest BCUT2D eigenvalue weighted by Crippen LogP contribution is 2.56. The van der Waals surface area contributed by atoms with Gasteiger partial charge in [0.1, 0.15) is 5.82 Å². The number of hydrogen-bond donors (Lipinski definition) is 1. The van der Waals surface area contributed by atoms with E-state index >= 15 is 0 Å². The predicted molar refractivity (Wildman–Crippen MR) is 84.2 cm³/mol. The van der Waals surface area contributed by atoms with Crippen LogP contribution in [0.25, 0.3) is 0 Å². The molecule has 1 aliphatic heterocycles. The molecule has 1 heterocycles. The second kappa shape index (κ2) is 5.69. The summed E-state index contributed by atoms with van der Waals surface area (Å²) in [6, 6.07) is 5.48. The van der Waals surface area contributed by atoms with Gasteiger partial charge in [0, 0.05) is 18.7 Å². The largest absolute Gasteiger partial charge is 0.326 e. The minimum Gasteiger partial charge on any atom is -0.326 e. The van der Waals surface area contributed by atoms with Crippen molar-refractivity contribution in [1.82, 2.24) is 4.90 Å². The highest BCUT2D eigenvalue weighted by molar-refractivity contribution is 6.06. The number of anilines is 1. The van der Waals surface area contributed by atoms with E-state index in [0.717, 1.165) is 19.3 Å². The number of nitrogens with zero attached hydrogens (tertiary/aromatic N) is 1. The van der Waals surface area contributed by atoms with Gasteiger partial charge in [-0.15, -0.1) is 0 Å². The Kier molecular flexibility index (Phi) is 3.62. The number of rotatable bonds is 4. The Labute approximate surface area is 139 Å². The molecule has 5 nitrogen and oxygen atoms in total. The van der Waals surface area contributed by atoms with Gasteiger partial charge in [-0.05, 0) is 55.4 Å². The quantitative estimate of drug-likeness (QED) is 0.861. The summed E-state index contributed by atoms with van der Waals surface area (Å²) < 4.78 is 12.8. The van der Waals surface area contributed by atoms with Crippen LogP contribution >= 0.6 is 0 Å². The SMILES string of the molecule is O=C(CCN1C(=O)[C@@H]2[C@@H]3CC[C@@H](C3)[C@@H]2C1=O)Nc1ccc(F)cc1. The maximum atomic E-state index is 12.8. The number of hydrogen-bond acceptors (Lipinski definition) is 3. The second-order valence-electron chi connectivity index (χ2n) is 7.02. The lowest BCUT2D eigenvalue weighted by atomic mass is 9.81. The Balaban J connectivity index is 1.36. The molecule has 1 aromatic carbocycles. The van der Waals surface area contributed by atoms with E-state index in [1.165, 1.54) is 29.2 Å². The van der Waals surface area contributed by atoms with Gasteiger partial charge in [-0.2, -0.15) is 0 Å². The van der Waals surface area contributed by atoms with Gasteiger partial charge >= 0.3 is 0 Å². The molecule has 0 radical (unpaired) electrons. The molecule has 1 aromatic rings. The zero-order chi connectivity index (χ0) is 16.8. The predicted octanol–water partition coefficient (Wildman–Crippen LogP) is 2.19. The van der Waals surface area contributed by atoms with Crippen molar-refractivity contribution in [3.63, 3.8) is 0 Å². The summed E-state index contributed by atoms with van der Waals surface area (Å²) >= 11 is 0. The van der Waals surface area contributed by atoms with Crippen LogP contribution in [-0.4, -0.2) is 29.2 Å². The first kappa shape index (κ1) is 15.3. The fourth-order valence-corrected chi connectivity index (χ4v) is 4.66. The van der Waals surface area contributed by atoms with Crippen molar-refractivity contribution in [2.24, 2.45) is 23.7 Å². The first-order chi connectivity index (χ1) is 11.5. The Morgan fingerprint density at radius 1 is 1.08 bits per heavy atom. The van der Waals surface area contributed by atoms with Crippen LogP contribution in [0.3, 0.4) is 0 Å². The molecule has 3 fully saturated rings. The minimum absolute atomic E-state index is 0.0592. The van der Waals surface area contributed by atoms with Crippen molar-refractivity contribution >= 4 is 23.4 Å². The molecule has 3 amide bonds. The molecule has 4 atom stereocenters. The van der Waals surface area contributed by atoms with Crippen LogP contribution in [0.2, 0.25) is 0 Å². The van der Waals surface area contributed by atoms with Crippen molar-refractivity contribution < 1.29 is 18.8 Å². The third-order valence-corrected chi connectivity index (χ3v) is 5.71. The van der Waals surface area contributed by atoms with Crippen LogP contribution in [0.15, 0.2) is 24.3 Å². The highest BCUT2D eigenvalue weighted by atomic mass is 19.1. The molecule has 6 heteroatoms. The fraction of sp³-hybridized carbons (Fsp3) is 0.500. The van der Waals surface area contributed by atoms with E-state index in [1.54, 1.807) is 0 Å². The summed E-state index contributed by atoms with van der Waals surface area (Å²) in [4.78, 5) is 38.3. The number of likely N-dealkylation sites (tertiary alicyclic amines) is 1. The van der Waals surface area contributed by atoms with Crippen molar-refractivity contribution in [3.05, 3.63) is 30.1 Å². The summed E-state index contributed by atoms with van der Waals surface area (Å²) in [5.74, 6) is -0.417. The Bertz CT molecular complexity index is 675. The third kappa shape index (κ3) is 2.41. The van der Waals surface area contributed by atoms with Crippen molar-refractivity contribution in [2.45, 2.75) is 25.7 Å². The van der Waals surface area contributed by atoms with Gasteiger partial charge in [-0.1, -0.05) is 0 Å². The molecule has 1 N–H and O–H groups in total. The summed E-state index contributed by atoms with van der Waals surface area (Å²) in [5, 5.41) is 2.65. The highest BCUT2D eigenvalue weighted by Gasteiger charge is 2.60. The Hall–Kier alpha value is -2.24. The van der Waals surface area contributed by atoms with E-state index in [2.05, 4.69) is 5.32 Å². The summed E-state index contributed by atoms with van der Waals surface area (Å²) in [7, 11) is 0. The first-order valence-electron chi connectivity index (χ1n) is 8.45. The minimum atomic E-state index is -0.373. The van der Waals surface area contributed by atoms with Crippen LogP contribution < -0.4 is 5.32 Å². The van der Waals surface area contributed by atoms with Crippen LogP contribution in [0.4, 0.5) is 10.1 Å². The molecule has 4 rings (SSSR count). The first-order valence-corrected chi connectivity index (χ1v) is 8.45. The number of nitrogens with one attached hydrogen (secondary N) is 1. The molecule has 2 saturated carbocycles. The van der Waals surface area contributed by atoms with Gasteiger partial charge < -0.3 is 5.32 Å². The number of fused-ring (bicyclic) bond motifs is 5. The molecule has 1 saturated heterocycles. The standard InChI is InChI=1S/C18H19FN2O3/c19-12-3-5-13(6-4-12)20-14(22)7-8-21-17(23)15-10-1-2-11(9-10)16(15)18(21)24/h3-6,10-11,15-16H,1-2,7-9H2,(H,20,22)/t10-,11+,15-,16+. The van der Waals surface area contributed by atoms with Gasteiger partial charge in [-0.25, -0.2) is 4.39 Å². The molecular weight excluding hydrogens is 311 g/mol. The maximum absolute atomic E-state index is 12.8. The lowest BCUT2D eigenvalue weighted by Crippen LogP contribution is -2.35. The molecule has 0 aromatic heterocycles. The van der Waals surface area contributed by atoms with Crippen molar-refractivity contribution in [2.75, 3.05) is 11.9 Å². The molecule has 2 bridgehead atoms. The van der Waals surface area contributed by atoms with Crippen LogP contribution in [0.5, 0.6) is 0 Å². The number of benzene rings is 1. The van der Waals surface area contributed by atoms with Gasteiger partial charge in [-0.3, -0.25) is 19.3 Å². The topological polar surface area (TPSA) is 66.5 Å². The number of amides is 3. The number of halogens is 1. The van der Waals surface area contributed by atoms with E-state index < -0.39 is 0 Å². The third-order valence-electron chi connectivity index (χ3n) is 5.71. The molecule has 126 valence electrons. The summed E-state index contributed by atoms with van der Waals surface area (Å²) in [5.41, 5.74) is 0.496. The van der Waals surface area contributed by atoms with Crippen LogP contribution in [-0.2, 0) is 14.4 Å². The van der Waals surface area contributed by atoms with Gasteiger partial charge in [0.25, 0.3) is 0 Å². The zero-order valence-electron chi connectivity index (χ0n) is 13.2. The monoisotopic (exact) mass is 330 g/mol. The van der Waals surface area contributed by atoms with E-state index in [9.17, 15) is 18.8 Å². The Morgan fingerprint density at radius 3 is 2.25 bits per heavy atom. The number of carbonyl (C=O) groups excluding carboxylic acids is 3. The molecule has 24 heavy (non-hydrogen) atoms. The average Bonchev–Trinajstić information content (AvgIpc) is 3.23. The average molecular weight is 330 g/mol. The Morgan fingerprint density at radius 2 is 1.67 bits per heavy atom. The molecule has 2 aliphatic carbocycles. The molecule has 3 aliphatic rings. The van der Waals surface area contributed by atoms with Gasteiger partial charge in [0.2, 0.25) is 17.7 Å². The van der Waals surface area contributed by atoms with Crippen LogP contribution in [0.1, 0.15) is 25.7 Å². The smallest absolute Gasteiger partial charge is 0.233 e. The van der Waals surface area contributed by atoms with E-state index in [0.29, 0.717) is 17.5 Å². The summed E-state index contributed by atoms with van der Waals surface area (Å²) in [6.45, 7) is 0.122. The fourth-order valence-electron chi connectivity index (χ4n) is 4.66. The van der Waals surface area contributed by atoms with E-state index in [1.807, 2.05) is 0 Å². The number of imide groups is 1. The summed E-state index contributed by atoms with van der Waals surface area (Å²) in [6.07, 6.45) is 3.16. The number of carbonyl (C=O) groups is 3. The van der Waals surface area contributed by atoms with E-state index in [4.69, 9.17) is 0 Å². The van der Waals surface area contributed by atoms with Crippen molar-refractivity contribution in [1.29, 1.82) is 0 Å². The zero-order valence-corrected chi connectivity index (χ0v) is 13.2. The van der Waals surface area contributed by atoms with E-state index in [-0.39, 0.29) is 48.3 Å². The lowest BCUT2D eigenvalue weighted by Gasteiger charge is -2.19. The molecule has 0 spiro atoms. The lowest BCUT2D eigenvalue weighted by molar-refractivity contribution is -0.140. The molecular formula is C18H19FN2O3. The van der Waals surface area contributed by atoms with Crippen LogP contribution in [0, 0.1) is 29.5 Å². The van der Waals surface area contributed by atoms with Gasteiger partial charge in [0.05, 0.1) is 11.8 Å². The molecule has 0 unspecified atom stereocenters. The normalized spacial score (nSPS) is 30.8. The maximum Gasteiger partial charge on any atom is 0.233 e. The van der Waals surface area contributed by atoms with Gasteiger partial charge in [0.15, 0.2) is 0 Å².